The van der Waals surface area contributed by atoms with Crippen molar-refractivity contribution in [1.29, 1.82) is 0 Å². The van der Waals surface area contributed by atoms with Gasteiger partial charge in [-0.3, -0.25) is 4.57 Å². The van der Waals surface area contributed by atoms with Crippen molar-refractivity contribution in [3.05, 3.63) is 36.5 Å². The highest BCUT2D eigenvalue weighted by Gasteiger charge is 2.22. The van der Waals surface area contributed by atoms with E-state index < -0.39 is 5.97 Å². The van der Waals surface area contributed by atoms with E-state index in [4.69, 9.17) is 9.47 Å². The van der Waals surface area contributed by atoms with Gasteiger partial charge in [-0.25, -0.2) is 9.48 Å². The molecule has 0 aliphatic carbocycles. The van der Waals surface area contributed by atoms with E-state index in [1.165, 1.54) is 7.11 Å². The number of hydrogen-bond acceptors (Lipinski definition) is 6. The Kier molecular flexibility index (Phi) is 3.73. The van der Waals surface area contributed by atoms with Crippen LogP contribution in [0.1, 0.15) is 35.8 Å². The molecule has 0 bridgehead atoms. The molecule has 24 heavy (non-hydrogen) atoms. The van der Waals surface area contributed by atoms with Gasteiger partial charge >= 0.3 is 5.97 Å². The number of rotatable bonds is 3. The van der Waals surface area contributed by atoms with E-state index in [0.717, 1.165) is 42.5 Å². The normalized spacial score (nSPS) is 18.0. The summed E-state index contributed by atoms with van der Waals surface area (Å²) in [6.45, 7) is 0.723. The zero-order chi connectivity index (χ0) is 16.5. The third-order valence-corrected chi connectivity index (χ3v) is 4.25. The maximum Gasteiger partial charge on any atom is 0.338 e. The van der Waals surface area contributed by atoms with Gasteiger partial charge in [0.25, 0.3) is 0 Å². The Balaban J connectivity index is 1.90. The molecule has 1 aliphatic rings. The SMILES string of the molecule is COC(=O)c1cc(-n2cnnc2)cc2c1cnn2C1CCCCO1. The molecule has 0 amide bonds. The number of ether oxygens (including phenoxy) is 2. The molecule has 2 aromatic heterocycles. The van der Waals surface area contributed by atoms with Crippen LogP contribution in [-0.2, 0) is 9.47 Å². The van der Waals surface area contributed by atoms with Crippen molar-refractivity contribution >= 4 is 16.9 Å². The zero-order valence-electron chi connectivity index (χ0n) is 13.3. The van der Waals surface area contributed by atoms with Crippen molar-refractivity contribution in [2.75, 3.05) is 13.7 Å². The molecular formula is C16H17N5O3. The van der Waals surface area contributed by atoms with Crippen molar-refractivity contribution in [3.63, 3.8) is 0 Å². The van der Waals surface area contributed by atoms with E-state index in [0.29, 0.717) is 5.56 Å². The van der Waals surface area contributed by atoms with Gasteiger partial charge in [0, 0.05) is 12.0 Å². The summed E-state index contributed by atoms with van der Waals surface area (Å²) >= 11 is 0. The topological polar surface area (TPSA) is 84.1 Å². The van der Waals surface area contributed by atoms with Crippen LogP contribution in [0, 0.1) is 0 Å². The van der Waals surface area contributed by atoms with Crippen molar-refractivity contribution in [2.24, 2.45) is 0 Å². The first kappa shape index (κ1) is 14.8. The third-order valence-electron chi connectivity index (χ3n) is 4.25. The quantitative estimate of drug-likeness (QED) is 0.685. The van der Waals surface area contributed by atoms with Crippen LogP contribution in [0.5, 0.6) is 0 Å². The number of hydrogen-bond donors (Lipinski definition) is 0. The van der Waals surface area contributed by atoms with Crippen LogP contribution in [0.3, 0.4) is 0 Å². The van der Waals surface area contributed by atoms with Crippen LogP contribution in [0.25, 0.3) is 16.6 Å². The molecule has 0 radical (unpaired) electrons. The molecule has 124 valence electrons. The fourth-order valence-electron chi connectivity index (χ4n) is 3.04. The Labute approximate surface area is 138 Å². The lowest BCUT2D eigenvalue weighted by Gasteiger charge is -2.23. The number of fused-ring (bicyclic) bond motifs is 1. The fraction of sp³-hybridized carbons (Fsp3) is 0.375. The van der Waals surface area contributed by atoms with Crippen molar-refractivity contribution in [3.8, 4) is 5.69 Å². The number of carbonyl (C=O) groups is 1. The van der Waals surface area contributed by atoms with E-state index in [1.54, 1.807) is 29.5 Å². The van der Waals surface area contributed by atoms with Crippen LogP contribution in [-0.4, -0.2) is 44.2 Å². The largest absolute Gasteiger partial charge is 0.465 e. The lowest BCUT2D eigenvalue weighted by atomic mass is 10.1. The molecule has 3 aromatic rings. The molecule has 0 spiro atoms. The van der Waals surface area contributed by atoms with Gasteiger partial charge in [-0.2, -0.15) is 5.10 Å². The summed E-state index contributed by atoms with van der Waals surface area (Å²) in [6, 6.07) is 3.71. The first-order valence-electron chi connectivity index (χ1n) is 7.84. The highest BCUT2D eigenvalue weighted by Crippen LogP contribution is 2.29. The minimum Gasteiger partial charge on any atom is -0.465 e. The van der Waals surface area contributed by atoms with Gasteiger partial charge in [0.2, 0.25) is 0 Å². The molecule has 1 atom stereocenters. The third kappa shape index (κ3) is 2.44. The minimum atomic E-state index is -0.404. The highest BCUT2D eigenvalue weighted by molar-refractivity contribution is 6.04. The minimum absolute atomic E-state index is 0.113. The first-order chi connectivity index (χ1) is 11.8. The van der Waals surface area contributed by atoms with Crippen molar-refractivity contribution in [2.45, 2.75) is 25.5 Å². The van der Waals surface area contributed by atoms with Gasteiger partial charge in [-0.05, 0) is 31.4 Å². The van der Waals surface area contributed by atoms with E-state index in [2.05, 4.69) is 15.3 Å². The number of methoxy groups -OCH3 is 1. The number of aromatic nitrogens is 5. The zero-order valence-corrected chi connectivity index (χ0v) is 13.3. The summed E-state index contributed by atoms with van der Waals surface area (Å²) in [7, 11) is 1.37. The number of esters is 1. The molecule has 1 fully saturated rings. The second-order valence-corrected chi connectivity index (χ2v) is 5.70. The van der Waals surface area contributed by atoms with Crippen LogP contribution in [0.2, 0.25) is 0 Å². The summed E-state index contributed by atoms with van der Waals surface area (Å²) in [4.78, 5) is 12.2. The van der Waals surface area contributed by atoms with Crippen LogP contribution in [0.15, 0.2) is 31.0 Å². The molecule has 1 unspecified atom stereocenters. The van der Waals surface area contributed by atoms with Gasteiger partial charge in [-0.15, -0.1) is 10.2 Å². The van der Waals surface area contributed by atoms with Crippen LogP contribution in [0.4, 0.5) is 0 Å². The second-order valence-electron chi connectivity index (χ2n) is 5.70. The summed E-state index contributed by atoms with van der Waals surface area (Å²) in [5.41, 5.74) is 2.06. The van der Waals surface area contributed by atoms with Crippen molar-refractivity contribution < 1.29 is 14.3 Å². The Hall–Kier alpha value is -2.74. The lowest BCUT2D eigenvalue weighted by Crippen LogP contribution is -2.19. The van der Waals surface area contributed by atoms with E-state index in [9.17, 15) is 4.79 Å². The monoisotopic (exact) mass is 327 g/mol. The Morgan fingerprint density at radius 3 is 2.83 bits per heavy atom. The Bertz CT molecular complexity index is 865. The molecule has 1 aliphatic heterocycles. The fourth-order valence-corrected chi connectivity index (χ4v) is 3.04. The molecule has 8 heteroatoms. The Morgan fingerprint density at radius 1 is 1.29 bits per heavy atom. The number of carbonyl (C=O) groups excluding carboxylic acids is 1. The van der Waals surface area contributed by atoms with Crippen molar-refractivity contribution in [1.82, 2.24) is 24.5 Å². The predicted molar refractivity (Wildman–Crippen MR) is 84.8 cm³/mol. The van der Waals surface area contributed by atoms with E-state index >= 15 is 0 Å². The molecule has 8 nitrogen and oxygen atoms in total. The number of nitrogens with zero attached hydrogens (tertiary/aromatic N) is 5. The summed E-state index contributed by atoms with van der Waals surface area (Å²) in [5.74, 6) is -0.404. The molecule has 3 heterocycles. The summed E-state index contributed by atoms with van der Waals surface area (Å²) in [5, 5.41) is 12.9. The molecule has 1 saturated heterocycles. The molecule has 0 N–H and O–H groups in total. The average Bonchev–Trinajstić information content (AvgIpc) is 3.30. The van der Waals surface area contributed by atoms with Crippen LogP contribution < -0.4 is 0 Å². The molecule has 0 saturated carbocycles. The predicted octanol–water partition coefficient (Wildman–Crippen LogP) is 2.10. The summed E-state index contributed by atoms with van der Waals surface area (Å²) < 4.78 is 14.3. The van der Waals surface area contributed by atoms with Gasteiger partial charge in [-0.1, -0.05) is 0 Å². The highest BCUT2D eigenvalue weighted by atomic mass is 16.5. The van der Waals surface area contributed by atoms with Gasteiger partial charge in [0.05, 0.1) is 30.1 Å². The summed E-state index contributed by atoms with van der Waals surface area (Å²) in [6.07, 6.45) is 7.81. The lowest BCUT2D eigenvalue weighted by molar-refractivity contribution is -0.0366. The Morgan fingerprint density at radius 2 is 2.12 bits per heavy atom. The maximum absolute atomic E-state index is 12.2. The molecule has 1 aromatic carbocycles. The molecular weight excluding hydrogens is 310 g/mol. The van der Waals surface area contributed by atoms with E-state index in [-0.39, 0.29) is 6.23 Å². The van der Waals surface area contributed by atoms with Gasteiger partial charge in [0.15, 0.2) is 6.23 Å². The second kappa shape index (κ2) is 6.04. The maximum atomic E-state index is 12.2. The van der Waals surface area contributed by atoms with Gasteiger partial charge in [0.1, 0.15) is 12.7 Å². The van der Waals surface area contributed by atoms with Crippen LogP contribution >= 0.6 is 0 Å². The van der Waals surface area contributed by atoms with Gasteiger partial charge < -0.3 is 9.47 Å². The smallest absolute Gasteiger partial charge is 0.338 e. The average molecular weight is 327 g/mol. The first-order valence-corrected chi connectivity index (χ1v) is 7.84. The van der Waals surface area contributed by atoms with E-state index in [1.807, 2.05) is 10.7 Å². The standard InChI is InChI=1S/C16H17N5O3/c1-23-16(22)12-6-11(20-9-17-18-10-20)7-14-13(12)8-19-21(14)15-4-2-3-5-24-15/h6-10,15H,2-5H2,1H3. The molecule has 4 rings (SSSR count). The number of benzene rings is 1.